The highest BCUT2D eigenvalue weighted by Gasteiger charge is 2.21. The first-order chi connectivity index (χ1) is 11.6. The highest BCUT2D eigenvalue weighted by Crippen LogP contribution is 2.26. The van der Waals surface area contributed by atoms with Gasteiger partial charge in [-0.3, -0.25) is 14.4 Å². The van der Waals surface area contributed by atoms with E-state index in [1.165, 1.54) is 0 Å². The Hall–Kier alpha value is -1.32. The van der Waals surface area contributed by atoms with Gasteiger partial charge in [-0.05, 0) is 17.6 Å². The lowest BCUT2D eigenvalue weighted by atomic mass is 9.87. The maximum atomic E-state index is 11.6. The number of carboxylic acid groups (broad SMARTS) is 1. The summed E-state index contributed by atoms with van der Waals surface area (Å²) in [6, 6.07) is 0. The molecule has 25 heavy (non-hydrogen) atoms. The van der Waals surface area contributed by atoms with Crippen LogP contribution in [0.3, 0.4) is 0 Å². The lowest BCUT2D eigenvalue weighted by molar-refractivity contribution is -0.139. The molecule has 0 spiro atoms. The highest BCUT2D eigenvalue weighted by molar-refractivity contribution is 7.99. The van der Waals surface area contributed by atoms with Crippen LogP contribution >= 0.6 is 11.8 Å². The standard InChI is InChI=1S/C16H30N2O6S/c1-16(2,11-15(23)24)6-9-25-10-8-18-13(20)5-7-17-12(19)3-4-14(21)22/h14,21-22H,3-11H2,1-2H3,(H,17,19)(H,18,20)(H,23,24). The number of carboxylic acids is 1. The molecule has 8 nitrogen and oxygen atoms in total. The van der Waals surface area contributed by atoms with Gasteiger partial charge in [-0.2, -0.15) is 11.8 Å². The third kappa shape index (κ3) is 15.9. The molecule has 0 fully saturated rings. The molecule has 0 unspecified atom stereocenters. The van der Waals surface area contributed by atoms with Crippen molar-refractivity contribution in [3.05, 3.63) is 0 Å². The average molecular weight is 378 g/mol. The van der Waals surface area contributed by atoms with Crippen LogP contribution in [0.2, 0.25) is 0 Å². The number of carbonyl (C=O) groups excluding carboxylic acids is 2. The lowest BCUT2D eigenvalue weighted by Crippen LogP contribution is -2.32. The van der Waals surface area contributed by atoms with E-state index >= 15 is 0 Å². The molecule has 0 aromatic heterocycles. The zero-order valence-electron chi connectivity index (χ0n) is 14.9. The van der Waals surface area contributed by atoms with Crippen molar-refractivity contribution in [2.45, 2.75) is 52.2 Å². The van der Waals surface area contributed by atoms with E-state index in [4.69, 9.17) is 15.3 Å². The second-order valence-corrected chi connectivity index (χ2v) is 7.79. The lowest BCUT2D eigenvalue weighted by Gasteiger charge is -2.21. The van der Waals surface area contributed by atoms with Crippen molar-refractivity contribution in [2.24, 2.45) is 5.41 Å². The molecule has 0 aromatic rings. The minimum absolute atomic E-state index is 0.00809. The summed E-state index contributed by atoms with van der Waals surface area (Å²) in [6.07, 6.45) is -0.405. The van der Waals surface area contributed by atoms with Crippen LogP contribution in [0.4, 0.5) is 0 Å². The molecule has 0 bridgehead atoms. The van der Waals surface area contributed by atoms with Crippen LogP contribution in [0.15, 0.2) is 0 Å². The van der Waals surface area contributed by atoms with Gasteiger partial charge < -0.3 is 26.0 Å². The van der Waals surface area contributed by atoms with E-state index in [0.717, 1.165) is 17.9 Å². The van der Waals surface area contributed by atoms with E-state index in [-0.39, 0.29) is 49.5 Å². The van der Waals surface area contributed by atoms with E-state index in [9.17, 15) is 14.4 Å². The summed E-state index contributed by atoms with van der Waals surface area (Å²) in [7, 11) is 0. The minimum Gasteiger partial charge on any atom is -0.481 e. The molecule has 0 heterocycles. The van der Waals surface area contributed by atoms with Crippen molar-refractivity contribution < 1.29 is 29.7 Å². The fraction of sp³-hybridized carbons (Fsp3) is 0.812. The molecule has 5 N–H and O–H groups in total. The minimum atomic E-state index is -1.50. The van der Waals surface area contributed by atoms with E-state index < -0.39 is 12.3 Å². The molecule has 0 saturated heterocycles. The van der Waals surface area contributed by atoms with Crippen molar-refractivity contribution in [3.8, 4) is 0 Å². The molecule has 0 aliphatic carbocycles. The Bertz CT molecular complexity index is 429. The number of aliphatic carboxylic acids is 1. The van der Waals surface area contributed by atoms with Gasteiger partial charge in [0, 0.05) is 38.1 Å². The Balaban J connectivity index is 3.58. The molecule has 2 amide bonds. The topological polar surface area (TPSA) is 136 Å². The summed E-state index contributed by atoms with van der Waals surface area (Å²) in [6.45, 7) is 4.59. The van der Waals surface area contributed by atoms with Crippen LogP contribution in [0.25, 0.3) is 0 Å². The first-order valence-corrected chi connectivity index (χ1v) is 9.47. The number of aliphatic hydroxyl groups is 2. The summed E-state index contributed by atoms with van der Waals surface area (Å²) in [5, 5.41) is 31.4. The molecule has 0 aliphatic heterocycles. The van der Waals surface area contributed by atoms with Crippen LogP contribution in [-0.4, -0.2) is 64.0 Å². The summed E-state index contributed by atoms with van der Waals surface area (Å²) < 4.78 is 0. The molecule has 0 rings (SSSR count). The molecule has 0 aromatic carbocycles. The second-order valence-electron chi connectivity index (χ2n) is 6.57. The molecule has 9 heteroatoms. The number of hydrogen-bond acceptors (Lipinski definition) is 6. The van der Waals surface area contributed by atoms with E-state index in [0.29, 0.717) is 6.54 Å². The van der Waals surface area contributed by atoms with Crippen LogP contribution < -0.4 is 10.6 Å². The van der Waals surface area contributed by atoms with Crippen LogP contribution in [0, 0.1) is 5.41 Å². The number of rotatable bonds is 14. The maximum absolute atomic E-state index is 11.6. The predicted octanol–water partition coefficient (Wildman–Crippen LogP) is 0.324. The maximum Gasteiger partial charge on any atom is 0.303 e. The van der Waals surface area contributed by atoms with Gasteiger partial charge in [0.2, 0.25) is 11.8 Å². The van der Waals surface area contributed by atoms with Crippen LogP contribution in [0.5, 0.6) is 0 Å². The van der Waals surface area contributed by atoms with Gasteiger partial charge in [0.05, 0.1) is 6.42 Å². The zero-order valence-corrected chi connectivity index (χ0v) is 15.7. The van der Waals surface area contributed by atoms with Crippen molar-refractivity contribution >= 4 is 29.5 Å². The first kappa shape index (κ1) is 23.7. The monoisotopic (exact) mass is 378 g/mol. The SMILES string of the molecule is CC(C)(CCSCCNC(=O)CCNC(=O)CCC(O)O)CC(=O)O. The van der Waals surface area contributed by atoms with Gasteiger partial charge in [-0.15, -0.1) is 0 Å². The predicted molar refractivity (Wildman–Crippen MR) is 96.1 cm³/mol. The molecule has 0 saturated carbocycles. The van der Waals surface area contributed by atoms with Crippen molar-refractivity contribution in [3.63, 3.8) is 0 Å². The van der Waals surface area contributed by atoms with Crippen molar-refractivity contribution in [2.75, 3.05) is 24.6 Å². The molecule has 146 valence electrons. The summed E-state index contributed by atoms with van der Waals surface area (Å²) in [5.74, 6) is 0.315. The van der Waals surface area contributed by atoms with Gasteiger partial charge in [0.1, 0.15) is 0 Å². The van der Waals surface area contributed by atoms with Crippen molar-refractivity contribution in [1.29, 1.82) is 0 Å². The molecule has 0 aliphatic rings. The summed E-state index contributed by atoms with van der Waals surface area (Å²) in [4.78, 5) is 33.6. The van der Waals surface area contributed by atoms with E-state index in [2.05, 4.69) is 10.6 Å². The summed E-state index contributed by atoms with van der Waals surface area (Å²) >= 11 is 1.66. The van der Waals surface area contributed by atoms with Gasteiger partial charge >= 0.3 is 5.97 Å². The number of nitrogens with one attached hydrogen (secondary N) is 2. The normalized spacial score (nSPS) is 11.4. The number of carbonyl (C=O) groups is 3. The zero-order chi connectivity index (χ0) is 19.3. The molecule has 0 radical (unpaired) electrons. The number of aliphatic hydroxyl groups excluding tert-OH is 1. The highest BCUT2D eigenvalue weighted by atomic mass is 32.2. The van der Waals surface area contributed by atoms with E-state index in [1.54, 1.807) is 11.8 Å². The van der Waals surface area contributed by atoms with Gasteiger partial charge in [0.25, 0.3) is 0 Å². The van der Waals surface area contributed by atoms with Crippen LogP contribution in [0.1, 0.15) is 46.0 Å². The Kier molecular flexibility index (Phi) is 12.3. The fourth-order valence-corrected chi connectivity index (χ4v) is 3.11. The van der Waals surface area contributed by atoms with Gasteiger partial charge in [-0.1, -0.05) is 13.8 Å². The number of hydrogen-bond donors (Lipinski definition) is 5. The Labute approximate surface area is 152 Å². The largest absolute Gasteiger partial charge is 0.481 e. The van der Waals surface area contributed by atoms with Gasteiger partial charge in [0.15, 0.2) is 6.29 Å². The third-order valence-electron chi connectivity index (χ3n) is 3.43. The first-order valence-electron chi connectivity index (χ1n) is 8.31. The molecular weight excluding hydrogens is 348 g/mol. The molecular formula is C16H30N2O6S. The Morgan fingerprint density at radius 1 is 1.00 bits per heavy atom. The quantitative estimate of drug-likeness (QED) is 0.217. The third-order valence-corrected chi connectivity index (χ3v) is 4.41. The van der Waals surface area contributed by atoms with Crippen molar-refractivity contribution in [1.82, 2.24) is 10.6 Å². The summed E-state index contributed by atoms with van der Waals surface area (Å²) in [5.41, 5.74) is -0.230. The Morgan fingerprint density at radius 3 is 2.20 bits per heavy atom. The smallest absolute Gasteiger partial charge is 0.303 e. The van der Waals surface area contributed by atoms with E-state index in [1.807, 2.05) is 13.8 Å². The molecule has 0 atom stereocenters. The Morgan fingerprint density at radius 2 is 1.60 bits per heavy atom. The number of thioether (sulfide) groups is 1. The fourth-order valence-electron chi connectivity index (χ4n) is 1.96. The van der Waals surface area contributed by atoms with Gasteiger partial charge in [-0.25, -0.2) is 0 Å². The van der Waals surface area contributed by atoms with Crippen LogP contribution in [-0.2, 0) is 14.4 Å². The number of amides is 2. The average Bonchev–Trinajstić information content (AvgIpc) is 2.47. The second kappa shape index (κ2) is 13.0.